The number of hydrogen-bond donors (Lipinski definition) is 1. The standard InChI is InChI=1S/C34H42FN3O7/c1-4-6-23(7-5-2)38(24-9-10-26(35)21(3)16-24)32(41)19-36-18-25(22-8-11-28-29(17-22)45-20-44-28)33(34(42)43)27(36)14-15-37-30(39)12-13-31(37)40/h8-11,16-17,23,25,27,33H,4-7,12-15,18-20H2,1-3H3,(H,42,43)/t25-,27-,33+/m1/s1. The number of carboxylic acids is 1. The number of likely N-dealkylation sites (tertiary alicyclic amines) is 2. The number of carbonyl (C=O) groups excluding carboxylic acids is 3. The molecule has 0 radical (unpaired) electrons. The van der Waals surface area contributed by atoms with Gasteiger partial charge in [0.15, 0.2) is 11.5 Å². The van der Waals surface area contributed by atoms with Gasteiger partial charge >= 0.3 is 5.97 Å². The van der Waals surface area contributed by atoms with Gasteiger partial charge in [-0.25, -0.2) is 4.39 Å². The molecule has 11 heteroatoms. The van der Waals surface area contributed by atoms with Crippen LogP contribution in [0.4, 0.5) is 10.1 Å². The van der Waals surface area contributed by atoms with Crippen molar-refractivity contribution in [2.75, 3.05) is 31.3 Å². The number of rotatable bonds is 13. The first-order valence-electron chi connectivity index (χ1n) is 15.9. The van der Waals surface area contributed by atoms with Crippen LogP contribution in [0.5, 0.6) is 11.5 Å². The second-order valence-corrected chi connectivity index (χ2v) is 12.2. The maximum Gasteiger partial charge on any atom is 0.308 e. The van der Waals surface area contributed by atoms with Crippen molar-refractivity contribution >= 4 is 29.4 Å². The first-order chi connectivity index (χ1) is 21.6. The van der Waals surface area contributed by atoms with Gasteiger partial charge in [-0.2, -0.15) is 0 Å². The van der Waals surface area contributed by atoms with Crippen molar-refractivity contribution in [1.29, 1.82) is 0 Å². The van der Waals surface area contributed by atoms with Gasteiger partial charge in [0.2, 0.25) is 24.5 Å². The van der Waals surface area contributed by atoms with E-state index in [0.717, 1.165) is 31.2 Å². The minimum absolute atomic E-state index is 0.0717. The highest BCUT2D eigenvalue weighted by atomic mass is 19.1. The van der Waals surface area contributed by atoms with Gasteiger partial charge in [-0.3, -0.25) is 29.0 Å². The zero-order valence-corrected chi connectivity index (χ0v) is 26.2. The van der Waals surface area contributed by atoms with Gasteiger partial charge in [-0.1, -0.05) is 32.8 Å². The molecule has 0 bridgehead atoms. The molecule has 5 rings (SSSR count). The monoisotopic (exact) mass is 623 g/mol. The summed E-state index contributed by atoms with van der Waals surface area (Å²) >= 11 is 0. The lowest BCUT2D eigenvalue weighted by molar-refractivity contribution is -0.143. The third-order valence-electron chi connectivity index (χ3n) is 9.30. The van der Waals surface area contributed by atoms with Crippen LogP contribution in [0.2, 0.25) is 0 Å². The lowest BCUT2D eigenvalue weighted by Crippen LogP contribution is -2.48. The lowest BCUT2D eigenvalue weighted by atomic mass is 9.84. The molecule has 2 saturated heterocycles. The molecule has 0 saturated carbocycles. The molecule has 0 unspecified atom stereocenters. The SMILES string of the molecule is CCCC(CCC)N(C(=O)CN1C[C@H](c2ccc3c(c2)OCO3)[C@H](C(=O)O)[C@H]1CCN1C(=O)CCC1=O)c1ccc(F)c(C)c1. The Hall–Kier alpha value is -3.99. The van der Waals surface area contributed by atoms with E-state index < -0.39 is 23.8 Å². The number of benzene rings is 2. The highest BCUT2D eigenvalue weighted by Crippen LogP contribution is 2.43. The predicted molar refractivity (Wildman–Crippen MR) is 165 cm³/mol. The summed E-state index contributed by atoms with van der Waals surface area (Å²) < 4.78 is 25.3. The third kappa shape index (κ3) is 6.83. The maximum absolute atomic E-state index is 14.4. The van der Waals surface area contributed by atoms with E-state index in [0.29, 0.717) is 22.7 Å². The molecule has 45 heavy (non-hydrogen) atoms. The Morgan fingerprint density at radius 1 is 1.02 bits per heavy atom. The highest BCUT2D eigenvalue weighted by Gasteiger charge is 2.48. The summed E-state index contributed by atoms with van der Waals surface area (Å²) in [6, 6.07) is 9.33. The molecule has 242 valence electrons. The lowest BCUT2D eigenvalue weighted by Gasteiger charge is -2.35. The number of aryl methyl sites for hydroxylation is 1. The zero-order valence-electron chi connectivity index (χ0n) is 26.2. The number of hydrogen-bond acceptors (Lipinski definition) is 7. The highest BCUT2D eigenvalue weighted by molar-refractivity contribution is 6.02. The summed E-state index contributed by atoms with van der Waals surface area (Å²) in [6.07, 6.45) is 3.74. The van der Waals surface area contributed by atoms with Crippen molar-refractivity contribution in [2.45, 2.75) is 83.7 Å². The van der Waals surface area contributed by atoms with Gasteiger partial charge in [0, 0.05) is 49.6 Å². The van der Waals surface area contributed by atoms with Crippen molar-refractivity contribution in [3.63, 3.8) is 0 Å². The Balaban J connectivity index is 1.49. The Labute approximate surface area is 263 Å². The summed E-state index contributed by atoms with van der Waals surface area (Å²) in [5.41, 5.74) is 1.79. The normalized spacial score (nSPS) is 21.3. The Morgan fingerprint density at radius 2 is 1.71 bits per heavy atom. The van der Waals surface area contributed by atoms with Crippen LogP contribution in [0.1, 0.15) is 75.8 Å². The summed E-state index contributed by atoms with van der Waals surface area (Å²) in [5.74, 6) is -2.37. The van der Waals surface area contributed by atoms with Crippen LogP contribution < -0.4 is 14.4 Å². The van der Waals surface area contributed by atoms with Gasteiger partial charge in [0.25, 0.3) is 0 Å². The number of halogens is 1. The molecule has 2 fully saturated rings. The van der Waals surface area contributed by atoms with E-state index in [-0.39, 0.29) is 75.3 Å². The summed E-state index contributed by atoms with van der Waals surface area (Å²) in [5, 5.41) is 10.6. The van der Waals surface area contributed by atoms with Crippen LogP contribution in [0.15, 0.2) is 36.4 Å². The molecule has 3 amide bonds. The van der Waals surface area contributed by atoms with Crippen LogP contribution in [0.3, 0.4) is 0 Å². The van der Waals surface area contributed by atoms with Crippen molar-refractivity contribution < 1.29 is 38.1 Å². The van der Waals surface area contributed by atoms with Gasteiger partial charge in [0.05, 0.1) is 12.5 Å². The number of anilines is 1. The van der Waals surface area contributed by atoms with Crippen LogP contribution in [-0.2, 0) is 19.2 Å². The molecule has 3 atom stereocenters. The van der Waals surface area contributed by atoms with Gasteiger partial charge in [-0.05, 0) is 67.6 Å². The van der Waals surface area contributed by atoms with Gasteiger partial charge in [0.1, 0.15) is 5.82 Å². The number of nitrogens with zero attached hydrogens (tertiary/aromatic N) is 3. The van der Waals surface area contributed by atoms with Crippen LogP contribution >= 0.6 is 0 Å². The van der Waals surface area contributed by atoms with Gasteiger partial charge in [-0.15, -0.1) is 0 Å². The molecule has 3 aliphatic heterocycles. The number of imide groups is 1. The van der Waals surface area contributed by atoms with Crippen molar-refractivity contribution in [3.8, 4) is 11.5 Å². The number of amides is 3. The average Bonchev–Trinajstić information content (AvgIpc) is 3.71. The molecule has 0 aromatic heterocycles. The minimum atomic E-state index is -1.02. The number of fused-ring (bicyclic) bond motifs is 1. The van der Waals surface area contributed by atoms with Crippen LogP contribution in [0.25, 0.3) is 0 Å². The van der Waals surface area contributed by atoms with E-state index >= 15 is 0 Å². The fourth-order valence-electron chi connectivity index (χ4n) is 7.12. The largest absolute Gasteiger partial charge is 0.481 e. The second kappa shape index (κ2) is 14.0. The fraction of sp³-hybridized carbons (Fsp3) is 0.529. The smallest absolute Gasteiger partial charge is 0.308 e. The second-order valence-electron chi connectivity index (χ2n) is 12.2. The molecule has 10 nitrogen and oxygen atoms in total. The van der Waals surface area contributed by atoms with Crippen LogP contribution in [0, 0.1) is 18.7 Å². The van der Waals surface area contributed by atoms with E-state index in [9.17, 15) is 28.7 Å². The zero-order chi connectivity index (χ0) is 32.2. The number of ether oxygens (including phenoxy) is 2. The molecular formula is C34H42FN3O7. The molecule has 3 heterocycles. The van der Waals surface area contributed by atoms with Crippen LogP contribution in [-0.4, -0.2) is 77.1 Å². The summed E-state index contributed by atoms with van der Waals surface area (Å²) in [6.45, 7) is 6.16. The first-order valence-corrected chi connectivity index (χ1v) is 15.9. The molecule has 1 N–H and O–H groups in total. The minimum Gasteiger partial charge on any atom is -0.481 e. The molecule has 0 aliphatic carbocycles. The van der Waals surface area contributed by atoms with Crippen molar-refractivity contribution in [1.82, 2.24) is 9.80 Å². The molecule has 2 aromatic rings. The number of carbonyl (C=O) groups is 4. The Kier molecular flexibility index (Phi) is 10.1. The Bertz CT molecular complexity index is 1430. The molecular weight excluding hydrogens is 581 g/mol. The van der Waals surface area contributed by atoms with E-state index in [1.807, 2.05) is 11.0 Å². The van der Waals surface area contributed by atoms with Gasteiger partial charge < -0.3 is 19.5 Å². The summed E-state index contributed by atoms with van der Waals surface area (Å²) in [7, 11) is 0. The first kappa shape index (κ1) is 32.4. The molecule has 3 aliphatic rings. The fourth-order valence-corrected chi connectivity index (χ4v) is 7.12. The van der Waals surface area contributed by atoms with Crippen molar-refractivity contribution in [2.24, 2.45) is 5.92 Å². The maximum atomic E-state index is 14.4. The topological polar surface area (TPSA) is 117 Å². The number of carboxylic acid groups (broad SMARTS) is 1. The number of aliphatic carboxylic acids is 1. The third-order valence-corrected chi connectivity index (χ3v) is 9.30. The van der Waals surface area contributed by atoms with E-state index in [1.165, 1.54) is 11.0 Å². The molecule has 0 spiro atoms. The predicted octanol–water partition coefficient (Wildman–Crippen LogP) is 4.87. The van der Waals surface area contributed by atoms with E-state index in [4.69, 9.17) is 9.47 Å². The van der Waals surface area contributed by atoms with Crippen molar-refractivity contribution in [3.05, 3.63) is 53.3 Å². The molecule has 2 aromatic carbocycles. The Morgan fingerprint density at radius 3 is 2.36 bits per heavy atom. The average molecular weight is 624 g/mol. The quantitative estimate of drug-likeness (QED) is 0.314. The summed E-state index contributed by atoms with van der Waals surface area (Å²) in [4.78, 5) is 57.0. The van der Waals surface area contributed by atoms with E-state index in [1.54, 1.807) is 36.1 Å². The van der Waals surface area contributed by atoms with E-state index in [2.05, 4.69) is 13.8 Å².